The number of ether oxygens (including phenoxy) is 4. The Kier molecular flexibility index (Phi) is 41.2. The summed E-state index contributed by atoms with van der Waals surface area (Å²) in [5, 5.41) is 87.0. The molecule has 2 aliphatic rings. The van der Waals surface area contributed by atoms with Gasteiger partial charge in [0, 0.05) is 6.42 Å². The average molecular weight is 1030 g/mol. The average Bonchev–Trinajstić information content (AvgIpc) is 3.38. The Hall–Kier alpha value is -1.53. The second-order valence-electron chi connectivity index (χ2n) is 21.1. The van der Waals surface area contributed by atoms with Crippen molar-refractivity contribution in [3.05, 3.63) is 24.3 Å². The van der Waals surface area contributed by atoms with Gasteiger partial charge in [-0.1, -0.05) is 231 Å². The minimum atomic E-state index is -1.79. The lowest BCUT2D eigenvalue weighted by Crippen LogP contribution is -2.65. The molecule has 0 aromatic heterocycles. The molecular weight excluding hydrogens is 919 g/mol. The summed E-state index contributed by atoms with van der Waals surface area (Å²) in [5.41, 5.74) is 0. The van der Waals surface area contributed by atoms with Gasteiger partial charge in [-0.15, -0.1) is 0 Å². The summed E-state index contributed by atoms with van der Waals surface area (Å²) in [4.78, 5) is 13.2. The van der Waals surface area contributed by atoms with Crippen molar-refractivity contribution in [2.45, 2.75) is 319 Å². The highest BCUT2D eigenvalue weighted by Crippen LogP contribution is 2.30. The van der Waals surface area contributed by atoms with E-state index in [4.69, 9.17) is 18.9 Å². The van der Waals surface area contributed by atoms with E-state index >= 15 is 0 Å². The Morgan fingerprint density at radius 3 is 1.36 bits per heavy atom. The number of carbonyl (C=O) groups is 1. The van der Waals surface area contributed by atoms with Gasteiger partial charge in [-0.25, -0.2) is 0 Å². The van der Waals surface area contributed by atoms with Crippen molar-refractivity contribution >= 4 is 5.91 Å². The largest absolute Gasteiger partial charge is 0.394 e. The third-order valence-electron chi connectivity index (χ3n) is 14.6. The summed E-state index contributed by atoms with van der Waals surface area (Å²) in [7, 11) is 0. The van der Waals surface area contributed by atoms with Gasteiger partial charge >= 0.3 is 0 Å². The fourth-order valence-corrected chi connectivity index (χ4v) is 9.84. The van der Waals surface area contributed by atoms with Crippen LogP contribution in [0.25, 0.3) is 0 Å². The number of rotatable bonds is 47. The zero-order valence-corrected chi connectivity index (χ0v) is 45.4. The molecule has 14 heteroatoms. The Labute approximate surface area is 437 Å². The fraction of sp³-hybridized carbons (Fsp3) is 0.914. The van der Waals surface area contributed by atoms with E-state index in [9.17, 15) is 45.6 Å². The molecule has 14 nitrogen and oxygen atoms in total. The van der Waals surface area contributed by atoms with E-state index in [2.05, 4.69) is 31.3 Å². The lowest BCUT2D eigenvalue weighted by atomic mass is 9.97. The van der Waals surface area contributed by atoms with Gasteiger partial charge in [0.1, 0.15) is 48.8 Å². The van der Waals surface area contributed by atoms with Crippen LogP contribution in [0, 0.1) is 0 Å². The molecule has 72 heavy (non-hydrogen) atoms. The number of hydrogen-bond donors (Lipinski definition) is 9. The fourth-order valence-electron chi connectivity index (χ4n) is 9.84. The summed E-state index contributed by atoms with van der Waals surface area (Å²) in [6.07, 6.45) is 35.1. The first-order chi connectivity index (χ1) is 35.1. The van der Waals surface area contributed by atoms with Crippen molar-refractivity contribution in [1.29, 1.82) is 0 Å². The third kappa shape index (κ3) is 30.3. The number of aliphatic hydroxyl groups excluding tert-OH is 8. The predicted octanol–water partition coefficient (Wildman–Crippen LogP) is 9.67. The number of nitrogens with one attached hydrogen (secondary N) is 1. The third-order valence-corrected chi connectivity index (χ3v) is 14.6. The molecule has 0 spiro atoms. The highest BCUT2D eigenvalue weighted by Gasteiger charge is 2.51. The van der Waals surface area contributed by atoms with Crippen LogP contribution in [0.15, 0.2) is 24.3 Å². The number of unbranched alkanes of at least 4 members (excludes halogenated alkanes) is 32. The molecule has 424 valence electrons. The number of hydrogen-bond acceptors (Lipinski definition) is 13. The summed E-state index contributed by atoms with van der Waals surface area (Å²) >= 11 is 0. The standard InChI is InChI=1S/C58H109NO13/c1-3-5-7-9-11-13-15-17-19-20-21-22-23-24-25-26-28-30-32-34-36-38-40-42-50(63)59-46(47(62)41-39-37-35-33-31-29-27-18-16-14-12-10-8-6-4-2)45-69-57-55(68)53(66)56(49(44-61)71-57)72-58-54(67)52(65)51(64)48(43-60)70-58/h31,33,39,41,46-49,51-58,60-62,64-68H,3-30,32,34-38,40,42-45H2,1-2H3,(H,59,63)/b33-31+,41-39+. The molecule has 12 atom stereocenters. The molecule has 2 aliphatic heterocycles. The van der Waals surface area contributed by atoms with E-state index in [1.165, 1.54) is 180 Å². The molecule has 0 aromatic rings. The van der Waals surface area contributed by atoms with E-state index in [0.29, 0.717) is 12.8 Å². The van der Waals surface area contributed by atoms with E-state index in [0.717, 1.165) is 32.1 Å². The van der Waals surface area contributed by atoms with Crippen LogP contribution in [-0.2, 0) is 23.7 Å². The Morgan fingerprint density at radius 2 is 0.889 bits per heavy atom. The zero-order chi connectivity index (χ0) is 52.4. The van der Waals surface area contributed by atoms with E-state index < -0.39 is 86.8 Å². The molecule has 2 saturated heterocycles. The van der Waals surface area contributed by atoms with Gasteiger partial charge in [0.25, 0.3) is 0 Å². The minimum absolute atomic E-state index is 0.245. The molecule has 2 heterocycles. The van der Waals surface area contributed by atoms with Crippen molar-refractivity contribution in [1.82, 2.24) is 5.32 Å². The van der Waals surface area contributed by atoms with Crippen LogP contribution in [0.2, 0.25) is 0 Å². The van der Waals surface area contributed by atoms with Crippen LogP contribution in [0.5, 0.6) is 0 Å². The molecule has 2 rings (SSSR count). The van der Waals surface area contributed by atoms with Crippen molar-refractivity contribution in [3.8, 4) is 0 Å². The highest BCUT2D eigenvalue weighted by molar-refractivity contribution is 5.76. The first-order valence-electron chi connectivity index (χ1n) is 29.6. The summed E-state index contributed by atoms with van der Waals surface area (Å²) < 4.78 is 22.7. The second-order valence-corrected chi connectivity index (χ2v) is 21.1. The van der Waals surface area contributed by atoms with Crippen LogP contribution >= 0.6 is 0 Å². The molecule has 0 aromatic carbocycles. The summed E-state index contributed by atoms with van der Waals surface area (Å²) in [6, 6.07) is -0.927. The molecule has 12 unspecified atom stereocenters. The Balaban J connectivity index is 1.76. The van der Waals surface area contributed by atoms with Crippen LogP contribution in [0.3, 0.4) is 0 Å². The van der Waals surface area contributed by atoms with E-state index in [1.807, 2.05) is 6.08 Å². The number of carbonyl (C=O) groups excluding carboxylic acids is 1. The van der Waals surface area contributed by atoms with Gasteiger partial charge in [-0.2, -0.15) is 0 Å². The molecule has 0 radical (unpaired) electrons. The second kappa shape index (κ2) is 44.6. The van der Waals surface area contributed by atoms with Crippen molar-refractivity contribution in [3.63, 3.8) is 0 Å². The maximum absolute atomic E-state index is 13.2. The lowest BCUT2D eigenvalue weighted by molar-refractivity contribution is -0.359. The molecule has 2 fully saturated rings. The monoisotopic (exact) mass is 1030 g/mol. The summed E-state index contributed by atoms with van der Waals surface area (Å²) in [5.74, 6) is -0.245. The van der Waals surface area contributed by atoms with Gasteiger partial charge in [0.15, 0.2) is 12.6 Å². The van der Waals surface area contributed by atoms with Gasteiger partial charge in [-0.3, -0.25) is 4.79 Å². The van der Waals surface area contributed by atoms with Crippen LogP contribution in [-0.4, -0.2) is 140 Å². The first-order valence-corrected chi connectivity index (χ1v) is 29.6. The van der Waals surface area contributed by atoms with E-state index in [1.54, 1.807) is 6.08 Å². The molecule has 1 amide bonds. The molecule has 0 bridgehead atoms. The molecule has 9 N–H and O–H groups in total. The number of amides is 1. The zero-order valence-electron chi connectivity index (χ0n) is 45.4. The first kappa shape index (κ1) is 66.6. The minimum Gasteiger partial charge on any atom is -0.394 e. The van der Waals surface area contributed by atoms with Gasteiger partial charge in [0.2, 0.25) is 5.91 Å². The Bertz CT molecular complexity index is 1300. The van der Waals surface area contributed by atoms with Crippen molar-refractivity contribution in [2.24, 2.45) is 0 Å². The van der Waals surface area contributed by atoms with Crippen molar-refractivity contribution < 1.29 is 64.6 Å². The quantitative estimate of drug-likeness (QED) is 0.0205. The van der Waals surface area contributed by atoms with Gasteiger partial charge < -0.3 is 65.1 Å². The smallest absolute Gasteiger partial charge is 0.220 e. The van der Waals surface area contributed by atoms with Crippen LogP contribution < -0.4 is 5.32 Å². The topological polar surface area (TPSA) is 228 Å². The molecule has 0 aliphatic carbocycles. The van der Waals surface area contributed by atoms with Crippen molar-refractivity contribution in [2.75, 3.05) is 19.8 Å². The summed E-state index contributed by atoms with van der Waals surface area (Å²) in [6.45, 7) is 2.80. The van der Waals surface area contributed by atoms with E-state index in [-0.39, 0.29) is 18.9 Å². The molecule has 0 saturated carbocycles. The normalized spacial score (nSPS) is 25.7. The predicted molar refractivity (Wildman–Crippen MR) is 286 cm³/mol. The van der Waals surface area contributed by atoms with Gasteiger partial charge in [0.05, 0.1) is 32.0 Å². The maximum atomic E-state index is 13.2. The van der Waals surface area contributed by atoms with Crippen LogP contribution in [0.4, 0.5) is 0 Å². The highest BCUT2D eigenvalue weighted by atomic mass is 16.7. The lowest BCUT2D eigenvalue weighted by Gasteiger charge is -2.46. The van der Waals surface area contributed by atoms with Crippen LogP contribution in [0.1, 0.15) is 245 Å². The maximum Gasteiger partial charge on any atom is 0.220 e. The SMILES string of the molecule is CCCCCCCCCCC/C=C/CC/C=C/C(O)C(COC1OC(CO)C(OC2OC(CO)C(O)C(O)C2O)C(O)C1O)NC(=O)CCCCCCCCCCCCCCCCCCCCCCCCC. The Morgan fingerprint density at radius 1 is 0.486 bits per heavy atom. The number of allylic oxidation sites excluding steroid dienone is 3. The molecular formula is C58H109NO13. The number of aliphatic hydroxyl groups is 8. The van der Waals surface area contributed by atoms with Gasteiger partial charge in [-0.05, 0) is 32.1 Å².